The first-order valence-corrected chi connectivity index (χ1v) is 5.50. The molecule has 0 bridgehead atoms. The first-order chi connectivity index (χ1) is 8.74. The van der Waals surface area contributed by atoms with Crippen molar-refractivity contribution in [3.05, 3.63) is 54.6 Å². The van der Waals surface area contributed by atoms with E-state index in [2.05, 4.69) is 9.97 Å². The van der Waals surface area contributed by atoms with Gasteiger partial charge < -0.3 is 5.73 Å². The van der Waals surface area contributed by atoms with Crippen LogP contribution in [0.5, 0.6) is 0 Å². The first-order valence-electron chi connectivity index (χ1n) is 5.50. The van der Waals surface area contributed by atoms with Crippen molar-refractivity contribution in [1.29, 1.82) is 0 Å². The Bertz CT molecular complexity index is 708. The molecule has 2 N–H and O–H groups in total. The van der Waals surface area contributed by atoms with Gasteiger partial charge in [0.05, 0.1) is 11.2 Å². The molecule has 0 fully saturated rings. The Hall–Kier alpha value is -2.49. The van der Waals surface area contributed by atoms with Crippen LogP contribution >= 0.6 is 0 Å². The van der Waals surface area contributed by atoms with Crippen molar-refractivity contribution in [3.63, 3.8) is 0 Å². The maximum absolute atomic E-state index is 12.9. The second-order valence-electron chi connectivity index (χ2n) is 4.01. The molecule has 0 amide bonds. The van der Waals surface area contributed by atoms with Crippen molar-refractivity contribution >= 4 is 16.6 Å². The molecule has 3 rings (SSSR count). The Morgan fingerprint density at radius 1 is 0.944 bits per heavy atom. The molecule has 3 aromatic rings. The van der Waals surface area contributed by atoms with Crippen LogP contribution in [0.4, 0.5) is 10.1 Å². The smallest absolute Gasteiger partial charge is 0.123 e. The molecule has 0 saturated carbocycles. The largest absolute Gasteiger partial charge is 0.399 e. The molecule has 1 aromatic heterocycles. The van der Waals surface area contributed by atoms with Gasteiger partial charge in [0, 0.05) is 16.6 Å². The second-order valence-corrected chi connectivity index (χ2v) is 4.01. The van der Waals surface area contributed by atoms with E-state index in [4.69, 9.17) is 5.73 Å². The highest BCUT2D eigenvalue weighted by Crippen LogP contribution is 2.26. The average molecular weight is 239 g/mol. The summed E-state index contributed by atoms with van der Waals surface area (Å²) in [7, 11) is 0. The number of nitrogens with zero attached hydrogens (tertiary/aromatic N) is 2. The number of nitrogens with two attached hydrogens (primary N) is 1. The predicted octanol–water partition coefficient (Wildman–Crippen LogP) is 3.02. The van der Waals surface area contributed by atoms with Gasteiger partial charge in [-0.2, -0.15) is 0 Å². The summed E-state index contributed by atoms with van der Waals surface area (Å²) in [5.41, 5.74) is 8.80. The monoisotopic (exact) mass is 239 g/mol. The van der Waals surface area contributed by atoms with Crippen LogP contribution in [0.2, 0.25) is 0 Å². The third-order valence-electron chi connectivity index (χ3n) is 2.78. The van der Waals surface area contributed by atoms with Gasteiger partial charge in [-0.15, -0.1) is 0 Å². The minimum absolute atomic E-state index is 0.263. The summed E-state index contributed by atoms with van der Waals surface area (Å²) in [6.45, 7) is 0. The van der Waals surface area contributed by atoms with E-state index in [1.54, 1.807) is 24.3 Å². The lowest BCUT2D eigenvalue weighted by atomic mass is 10.1. The molecule has 0 unspecified atom stereocenters. The summed E-state index contributed by atoms with van der Waals surface area (Å²) in [5, 5.41) is 0.901. The summed E-state index contributed by atoms with van der Waals surface area (Å²) in [6, 6.07) is 11.7. The van der Waals surface area contributed by atoms with Crippen molar-refractivity contribution in [3.8, 4) is 11.3 Å². The molecular weight excluding hydrogens is 229 g/mol. The molecule has 18 heavy (non-hydrogen) atoms. The van der Waals surface area contributed by atoms with E-state index >= 15 is 0 Å². The van der Waals surface area contributed by atoms with Crippen LogP contribution in [-0.2, 0) is 0 Å². The third kappa shape index (κ3) is 1.78. The molecular formula is C14H10FN3. The zero-order chi connectivity index (χ0) is 12.5. The van der Waals surface area contributed by atoms with Crippen LogP contribution in [0.3, 0.4) is 0 Å². The van der Waals surface area contributed by atoms with Crippen LogP contribution < -0.4 is 5.73 Å². The molecule has 0 radical (unpaired) electrons. The molecule has 2 aromatic carbocycles. The third-order valence-corrected chi connectivity index (χ3v) is 2.78. The van der Waals surface area contributed by atoms with E-state index < -0.39 is 0 Å². The van der Waals surface area contributed by atoms with Gasteiger partial charge in [-0.25, -0.2) is 14.4 Å². The van der Waals surface area contributed by atoms with Crippen molar-refractivity contribution in [1.82, 2.24) is 9.97 Å². The quantitative estimate of drug-likeness (QED) is 0.664. The Kier molecular flexibility index (Phi) is 2.41. The van der Waals surface area contributed by atoms with Gasteiger partial charge in [-0.1, -0.05) is 0 Å². The van der Waals surface area contributed by atoms with Gasteiger partial charge in [-0.05, 0) is 42.5 Å². The van der Waals surface area contributed by atoms with Crippen molar-refractivity contribution in [2.24, 2.45) is 0 Å². The number of halogens is 1. The van der Waals surface area contributed by atoms with E-state index in [-0.39, 0.29) is 5.82 Å². The summed E-state index contributed by atoms with van der Waals surface area (Å²) in [6.07, 6.45) is 1.49. The van der Waals surface area contributed by atoms with Crippen LogP contribution in [0.1, 0.15) is 0 Å². The Balaban J connectivity index is 2.26. The van der Waals surface area contributed by atoms with Crippen molar-refractivity contribution in [2.45, 2.75) is 0 Å². The highest BCUT2D eigenvalue weighted by Gasteiger charge is 2.06. The van der Waals surface area contributed by atoms with E-state index in [0.29, 0.717) is 5.69 Å². The van der Waals surface area contributed by atoms with E-state index in [1.807, 2.05) is 6.07 Å². The lowest BCUT2D eigenvalue weighted by molar-refractivity contribution is 0.628. The standard InChI is InChI=1S/C14H10FN3/c15-10-3-1-9(2-4-10)14-12-6-5-11(16)7-13(12)17-8-18-14/h1-8H,16H2. The van der Waals surface area contributed by atoms with Crippen LogP contribution in [-0.4, -0.2) is 9.97 Å². The van der Waals surface area contributed by atoms with Gasteiger partial charge in [0.25, 0.3) is 0 Å². The topological polar surface area (TPSA) is 51.8 Å². The Morgan fingerprint density at radius 3 is 2.50 bits per heavy atom. The van der Waals surface area contributed by atoms with Crippen molar-refractivity contribution < 1.29 is 4.39 Å². The molecule has 0 aliphatic rings. The van der Waals surface area contributed by atoms with Gasteiger partial charge in [0.15, 0.2) is 0 Å². The maximum Gasteiger partial charge on any atom is 0.123 e. The number of rotatable bonds is 1. The number of benzene rings is 2. The first kappa shape index (κ1) is 10.7. The number of nitrogen functional groups attached to an aromatic ring is 1. The molecule has 3 nitrogen and oxygen atoms in total. The number of anilines is 1. The van der Waals surface area contributed by atoms with Crippen LogP contribution in [0, 0.1) is 5.82 Å². The number of hydrogen-bond acceptors (Lipinski definition) is 3. The molecule has 0 spiro atoms. The molecule has 88 valence electrons. The average Bonchev–Trinajstić information content (AvgIpc) is 2.38. The number of fused-ring (bicyclic) bond motifs is 1. The highest BCUT2D eigenvalue weighted by molar-refractivity contribution is 5.93. The molecule has 0 saturated heterocycles. The van der Waals surface area contributed by atoms with Gasteiger partial charge in [0.2, 0.25) is 0 Å². The zero-order valence-corrected chi connectivity index (χ0v) is 9.47. The van der Waals surface area contributed by atoms with E-state index in [1.165, 1.54) is 18.5 Å². The zero-order valence-electron chi connectivity index (χ0n) is 9.47. The van der Waals surface area contributed by atoms with E-state index in [9.17, 15) is 4.39 Å². The second kappa shape index (κ2) is 4.07. The van der Waals surface area contributed by atoms with E-state index in [0.717, 1.165) is 22.2 Å². The van der Waals surface area contributed by atoms with Gasteiger partial charge >= 0.3 is 0 Å². The van der Waals surface area contributed by atoms with Crippen LogP contribution in [0.15, 0.2) is 48.8 Å². The Labute approximate surface area is 103 Å². The maximum atomic E-state index is 12.9. The molecule has 0 atom stereocenters. The highest BCUT2D eigenvalue weighted by atomic mass is 19.1. The number of aromatic nitrogens is 2. The van der Waals surface area contributed by atoms with Gasteiger partial charge in [-0.3, -0.25) is 0 Å². The molecule has 4 heteroatoms. The SMILES string of the molecule is Nc1ccc2c(-c3ccc(F)cc3)ncnc2c1. The fraction of sp³-hybridized carbons (Fsp3) is 0. The Morgan fingerprint density at radius 2 is 1.72 bits per heavy atom. The lowest BCUT2D eigenvalue weighted by Gasteiger charge is -2.05. The lowest BCUT2D eigenvalue weighted by Crippen LogP contribution is -1.91. The van der Waals surface area contributed by atoms with Crippen molar-refractivity contribution in [2.75, 3.05) is 5.73 Å². The normalized spacial score (nSPS) is 10.7. The molecule has 1 heterocycles. The summed E-state index contributed by atoms with van der Waals surface area (Å²) >= 11 is 0. The van der Waals surface area contributed by atoms with Gasteiger partial charge in [0.1, 0.15) is 12.1 Å². The summed E-state index contributed by atoms with van der Waals surface area (Å²) in [4.78, 5) is 8.44. The summed E-state index contributed by atoms with van der Waals surface area (Å²) < 4.78 is 12.9. The fourth-order valence-corrected chi connectivity index (χ4v) is 1.91. The summed E-state index contributed by atoms with van der Waals surface area (Å²) in [5.74, 6) is -0.263. The minimum Gasteiger partial charge on any atom is -0.399 e. The predicted molar refractivity (Wildman–Crippen MR) is 69.3 cm³/mol. The number of hydrogen-bond donors (Lipinski definition) is 1. The van der Waals surface area contributed by atoms with Crippen LogP contribution in [0.25, 0.3) is 22.2 Å². The molecule has 0 aliphatic carbocycles. The fourth-order valence-electron chi connectivity index (χ4n) is 1.91. The minimum atomic E-state index is -0.263. The molecule has 0 aliphatic heterocycles.